The van der Waals surface area contributed by atoms with Crippen molar-refractivity contribution >= 4 is 38.7 Å². The molecule has 0 unspecified atom stereocenters. The van der Waals surface area contributed by atoms with Crippen molar-refractivity contribution < 1.29 is 13.2 Å². The molecular weight excluding hydrogens is 424 g/mol. The van der Waals surface area contributed by atoms with Gasteiger partial charge in [0.25, 0.3) is 5.91 Å². The van der Waals surface area contributed by atoms with Crippen molar-refractivity contribution in [1.82, 2.24) is 14.6 Å². The second kappa shape index (κ2) is 7.55. The third kappa shape index (κ3) is 3.92. The number of rotatable bonds is 4. The van der Waals surface area contributed by atoms with Crippen molar-refractivity contribution in [2.75, 3.05) is 11.6 Å². The lowest BCUT2D eigenvalue weighted by Gasteiger charge is -2.08. The number of amides is 1. The topological polar surface area (TPSA) is 93.4 Å². The van der Waals surface area contributed by atoms with Gasteiger partial charge in [-0.2, -0.15) is 5.10 Å². The number of sulfone groups is 1. The standard InChI is InChI=1S/C21H17ClN4O3S/c1-13-10-19(14-6-8-15(22)9-7-14)25-20-18(12-23-26(13)20)21(27)24-16-4-3-5-17(11-16)30(2,28)29/h3-12H,1-2H3,(H,24,27). The Bertz CT molecular complexity index is 1380. The molecule has 0 saturated carbocycles. The minimum atomic E-state index is -3.38. The van der Waals surface area contributed by atoms with Gasteiger partial charge in [-0.15, -0.1) is 0 Å². The smallest absolute Gasteiger partial charge is 0.261 e. The molecule has 0 spiro atoms. The molecule has 2 aromatic carbocycles. The monoisotopic (exact) mass is 440 g/mol. The van der Waals surface area contributed by atoms with E-state index >= 15 is 0 Å². The van der Waals surface area contributed by atoms with Crippen LogP contribution in [0.3, 0.4) is 0 Å². The van der Waals surface area contributed by atoms with Crippen molar-refractivity contribution in [1.29, 1.82) is 0 Å². The third-order valence-electron chi connectivity index (χ3n) is 4.55. The maximum atomic E-state index is 12.9. The summed E-state index contributed by atoms with van der Waals surface area (Å²) in [4.78, 5) is 17.6. The third-order valence-corrected chi connectivity index (χ3v) is 5.92. The van der Waals surface area contributed by atoms with Gasteiger partial charge in [-0.25, -0.2) is 17.9 Å². The molecule has 0 atom stereocenters. The molecule has 0 radical (unpaired) electrons. The van der Waals surface area contributed by atoms with Gasteiger partial charge < -0.3 is 5.32 Å². The van der Waals surface area contributed by atoms with Crippen LogP contribution < -0.4 is 5.32 Å². The van der Waals surface area contributed by atoms with Crippen molar-refractivity contribution in [3.05, 3.63) is 77.1 Å². The van der Waals surface area contributed by atoms with E-state index < -0.39 is 15.7 Å². The molecule has 0 saturated heterocycles. The Labute approximate surface area is 178 Å². The van der Waals surface area contributed by atoms with Gasteiger partial charge in [0, 0.05) is 28.2 Å². The van der Waals surface area contributed by atoms with Crippen LogP contribution in [0.4, 0.5) is 5.69 Å². The van der Waals surface area contributed by atoms with Crippen LogP contribution in [-0.4, -0.2) is 35.2 Å². The van der Waals surface area contributed by atoms with E-state index in [0.29, 0.717) is 22.1 Å². The number of carbonyl (C=O) groups is 1. The molecule has 1 N–H and O–H groups in total. The second-order valence-electron chi connectivity index (χ2n) is 6.84. The average molecular weight is 441 g/mol. The summed E-state index contributed by atoms with van der Waals surface area (Å²) >= 11 is 5.97. The Morgan fingerprint density at radius 3 is 2.53 bits per heavy atom. The number of hydrogen-bond donors (Lipinski definition) is 1. The highest BCUT2D eigenvalue weighted by Gasteiger charge is 2.17. The van der Waals surface area contributed by atoms with E-state index in [1.807, 2.05) is 25.1 Å². The first-order valence-electron chi connectivity index (χ1n) is 8.95. The van der Waals surface area contributed by atoms with E-state index in [1.54, 1.807) is 28.8 Å². The number of benzene rings is 2. The van der Waals surface area contributed by atoms with E-state index in [2.05, 4.69) is 15.4 Å². The van der Waals surface area contributed by atoms with Crippen LogP contribution in [0.5, 0.6) is 0 Å². The first-order chi connectivity index (χ1) is 14.2. The zero-order valence-corrected chi connectivity index (χ0v) is 17.7. The number of fused-ring (bicyclic) bond motifs is 1. The van der Waals surface area contributed by atoms with Crippen LogP contribution >= 0.6 is 11.6 Å². The van der Waals surface area contributed by atoms with Crippen LogP contribution in [0, 0.1) is 6.92 Å². The summed E-state index contributed by atoms with van der Waals surface area (Å²) in [6, 6.07) is 15.2. The van der Waals surface area contributed by atoms with Gasteiger partial charge in [0.15, 0.2) is 15.5 Å². The number of nitrogens with one attached hydrogen (secondary N) is 1. The molecular formula is C21H17ClN4O3S. The van der Waals surface area contributed by atoms with Gasteiger partial charge in [0.1, 0.15) is 5.56 Å². The minimum absolute atomic E-state index is 0.124. The van der Waals surface area contributed by atoms with Crippen LogP contribution in [0.1, 0.15) is 16.1 Å². The van der Waals surface area contributed by atoms with Crippen LogP contribution in [0.15, 0.2) is 65.7 Å². The second-order valence-corrected chi connectivity index (χ2v) is 9.29. The van der Waals surface area contributed by atoms with Gasteiger partial charge in [0.2, 0.25) is 0 Å². The predicted octanol–water partition coefficient (Wildman–Crippen LogP) is 4.01. The van der Waals surface area contributed by atoms with E-state index in [0.717, 1.165) is 17.5 Å². The number of aromatic nitrogens is 3. The fraction of sp³-hybridized carbons (Fsp3) is 0.0952. The molecule has 7 nitrogen and oxygen atoms in total. The largest absolute Gasteiger partial charge is 0.322 e. The molecule has 0 fully saturated rings. The molecule has 4 aromatic rings. The summed E-state index contributed by atoms with van der Waals surface area (Å²) in [6.45, 7) is 1.87. The summed E-state index contributed by atoms with van der Waals surface area (Å²) in [5.74, 6) is -0.434. The van der Waals surface area contributed by atoms with Gasteiger partial charge in [-0.1, -0.05) is 29.8 Å². The summed E-state index contributed by atoms with van der Waals surface area (Å²) in [7, 11) is -3.38. The van der Waals surface area contributed by atoms with Crippen molar-refractivity contribution in [2.45, 2.75) is 11.8 Å². The highest BCUT2D eigenvalue weighted by molar-refractivity contribution is 7.90. The number of halogens is 1. The molecule has 4 rings (SSSR count). The fourth-order valence-corrected chi connectivity index (χ4v) is 3.84. The summed E-state index contributed by atoms with van der Waals surface area (Å²) in [5, 5.41) is 7.61. The first kappa shape index (κ1) is 20.1. The van der Waals surface area contributed by atoms with Crippen LogP contribution in [0.25, 0.3) is 16.9 Å². The van der Waals surface area contributed by atoms with Crippen molar-refractivity contribution in [3.63, 3.8) is 0 Å². The average Bonchev–Trinajstić information content (AvgIpc) is 3.13. The number of hydrogen-bond acceptors (Lipinski definition) is 5. The molecule has 9 heteroatoms. The number of nitrogens with zero attached hydrogens (tertiary/aromatic N) is 3. The normalized spacial score (nSPS) is 11.6. The Kier molecular flexibility index (Phi) is 5.05. The van der Waals surface area contributed by atoms with E-state index in [9.17, 15) is 13.2 Å². The molecule has 0 aliphatic heterocycles. The molecule has 30 heavy (non-hydrogen) atoms. The molecule has 0 aliphatic carbocycles. The Morgan fingerprint density at radius 2 is 1.83 bits per heavy atom. The lowest BCUT2D eigenvalue weighted by molar-refractivity contribution is 0.102. The molecule has 1 amide bonds. The van der Waals surface area contributed by atoms with Gasteiger partial charge in [-0.3, -0.25) is 4.79 Å². The fourth-order valence-electron chi connectivity index (χ4n) is 3.04. The van der Waals surface area contributed by atoms with E-state index in [4.69, 9.17) is 11.6 Å². The molecule has 2 heterocycles. The molecule has 152 valence electrons. The van der Waals surface area contributed by atoms with Crippen LogP contribution in [0.2, 0.25) is 5.02 Å². The Balaban J connectivity index is 1.72. The zero-order chi connectivity index (χ0) is 21.5. The van der Waals surface area contributed by atoms with Gasteiger partial charge >= 0.3 is 0 Å². The number of anilines is 1. The lowest BCUT2D eigenvalue weighted by atomic mass is 10.1. The van der Waals surface area contributed by atoms with Crippen molar-refractivity contribution in [2.24, 2.45) is 0 Å². The highest BCUT2D eigenvalue weighted by Crippen LogP contribution is 2.23. The van der Waals surface area contributed by atoms with Gasteiger partial charge in [-0.05, 0) is 43.3 Å². The summed E-state index contributed by atoms with van der Waals surface area (Å²) in [5.41, 5.74) is 3.40. The van der Waals surface area contributed by atoms with Crippen molar-refractivity contribution in [3.8, 4) is 11.3 Å². The van der Waals surface area contributed by atoms with Crippen LogP contribution in [-0.2, 0) is 9.84 Å². The molecule has 0 bridgehead atoms. The predicted molar refractivity (Wildman–Crippen MR) is 116 cm³/mol. The van der Waals surface area contributed by atoms with Gasteiger partial charge in [0.05, 0.1) is 16.8 Å². The van der Waals surface area contributed by atoms with E-state index in [-0.39, 0.29) is 10.5 Å². The maximum Gasteiger partial charge on any atom is 0.261 e. The quantitative estimate of drug-likeness (QED) is 0.517. The Morgan fingerprint density at radius 1 is 1.10 bits per heavy atom. The Hall–Kier alpha value is -3.23. The number of carbonyl (C=O) groups excluding carboxylic acids is 1. The molecule has 0 aliphatic rings. The lowest BCUT2D eigenvalue weighted by Crippen LogP contribution is -2.13. The first-order valence-corrected chi connectivity index (χ1v) is 11.2. The SMILES string of the molecule is Cc1cc(-c2ccc(Cl)cc2)nc2c(C(=O)Nc3cccc(S(C)(=O)=O)c3)cnn12. The highest BCUT2D eigenvalue weighted by atomic mass is 35.5. The maximum absolute atomic E-state index is 12.9. The zero-order valence-electron chi connectivity index (χ0n) is 16.1. The number of aryl methyl sites for hydroxylation is 1. The molecule has 2 aromatic heterocycles. The summed E-state index contributed by atoms with van der Waals surface area (Å²) < 4.78 is 25.1. The minimum Gasteiger partial charge on any atom is -0.322 e. The van der Waals surface area contributed by atoms with E-state index in [1.165, 1.54) is 18.3 Å². The summed E-state index contributed by atoms with van der Waals surface area (Å²) in [6.07, 6.45) is 2.56.